The van der Waals surface area contributed by atoms with E-state index in [1.54, 1.807) is 12.1 Å². The first-order valence-electron chi connectivity index (χ1n) is 10.9. The van der Waals surface area contributed by atoms with Crippen LogP contribution in [0.2, 0.25) is 0 Å². The molecule has 3 aromatic carbocycles. The van der Waals surface area contributed by atoms with E-state index in [4.69, 9.17) is 13.9 Å². The predicted molar refractivity (Wildman–Crippen MR) is 127 cm³/mol. The Morgan fingerprint density at radius 3 is 2.38 bits per heavy atom. The number of carbonyl (C=O) groups is 2. The first-order valence-corrected chi connectivity index (χ1v) is 10.9. The predicted octanol–water partition coefficient (Wildman–Crippen LogP) is 5.07. The maximum Gasteiger partial charge on any atom is 0.407 e. The van der Waals surface area contributed by atoms with E-state index >= 15 is 0 Å². The van der Waals surface area contributed by atoms with Crippen LogP contribution in [0, 0.1) is 0 Å². The number of hydrogen-bond donors (Lipinski definition) is 1. The highest BCUT2D eigenvalue weighted by Crippen LogP contribution is 2.29. The van der Waals surface area contributed by atoms with Crippen molar-refractivity contribution in [2.75, 3.05) is 6.54 Å². The van der Waals surface area contributed by atoms with Crippen molar-refractivity contribution < 1.29 is 23.5 Å². The van der Waals surface area contributed by atoms with Crippen LogP contribution in [-0.4, -0.2) is 18.6 Å². The minimum atomic E-state index is -0.545. The largest absolute Gasteiger partial charge is 0.445 e. The van der Waals surface area contributed by atoms with Gasteiger partial charge in [-0.25, -0.2) is 9.59 Å². The van der Waals surface area contributed by atoms with Crippen molar-refractivity contribution in [1.29, 1.82) is 0 Å². The number of benzene rings is 3. The molecule has 0 atom stereocenters. The van der Waals surface area contributed by atoms with Gasteiger partial charge in [-0.3, -0.25) is 4.79 Å². The van der Waals surface area contributed by atoms with E-state index in [1.165, 1.54) is 12.1 Å². The Labute approximate surface area is 195 Å². The molecule has 172 valence electrons. The number of fused-ring (bicyclic) bond motifs is 1. The number of nitrogens with one attached hydrogen (secondary N) is 1. The Balaban J connectivity index is 1.28. The molecule has 1 heterocycles. The van der Waals surface area contributed by atoms with Crippen molar-refractivity contribution in [2.24, 2.45) is 0 Å². The highest BCUT2D eigenvalue weighted by atomic mass is 16.5. The van der Waals surface area contributed by atoms with E-state index in [0.29, 0.717) is 12.0 Å². The molecule has 4 rings (SSSR count). The molecule has 4 aromatic rings. The second kappa shape index (κ2) is 11.0. The van der Waals surface area contributed by atoms with Crippen LogP contribution < -0.4 is 15.7 Å². The van der Waals surface area contributed by atoms with E-state index in [-0.39, 0.29) is 25.3 Å². The summed E-state index contributed by atoms with van der Waals surface area (Å²) in [6, 6.07) is 25.3. The normalized spacial score (nSPS) is 10.6. The monoisotopic (exact) mass is 457 g/mol. The van der Waals surface area contributed by atoms with Gasteiger partial charge >= 0.3 is 17.7 Å². The maximum atomic E-state index is 12.2. The number of alkyl carbamates (subject to hydrolysis) is 1. The third kappa shape index (κ3) is 6.10. The molecule has 0 aliphatic carbocycles. The van der Waals surface area contributed by atoms with E-state index in [2.05, 4.69) is 5.32 Å². The van der Waals surface area contributed by atoms with Gasteiger partial charge in [0, 0.05) is 30.5 Å². The fourth-order valence-corrected chi connectivity index (χ4v) is 3.44. The minimum Gasteiger partial charge on any atom is -0.445 e. The number of hydrogen-bond acceptors (Lipinski definition) is 6. The van der Waals surface area contributed by atoms with Crippen molar-refractivity contribution in [3.8, 4) is 16.9 Å². The zero-order valence-electron chi connectivity index (χ0n) is 18.4. The zero-order chi connectivity index (χ0) is 23.8. The maximum absolute atomic E-state index is 12.2. The van der Waals surface area contributed by atoms with E-state index in [1.807, 2.05) is 60.7 Å². The first kappa shape index (κ1) is 22.8. The van der Waals surface area contributed by atoms with E-state index in [0.717, 1.165) is 22.1 Å². The molecule has 0 aliphatic heterocycles. The average Bonchev–Trinajstić information content (AvgIpc) is 2.86. The van der Waals surface area contributed by atoms with Gasteiger partial charge in [0.2, 0.25) is 0 Å². The number of carbonyl (C=O) groups excluding carboxylic acids is 2. The van der Waals surface area contributed by atoms with Crippen molar-refractivity contribution >= 4 is 23.0 Å². The molecule has 34 heavy (non-hydrogen) atoms. The van der Waals surface area contributed by atoms with Crippen LogP contribution in [0.4, 0.5) is 4.79 Å². The summed E-state index contributed by atoms with van der Waals surface area (Å²) in [6.45, 7) is 0.453. The van der Waals surface area contributed by atoms with Gasteiger partial charge in [-0.05, 0) is 35.2 Å². The number of ether oxygens (including phenoxy) is 2. The molecule has 0 spiro atoms. The summed E-state index contributed by atoms with van der Waals surface area (Å²) < 4.78 is 15.8. The fourth-order valence-electron chi connectivity index (χ4n) is 3.44. The molecule has 1 N–H and O–H groups in total. The minimum absolute atomic E-state index is 0.102. The summed E-state index contributed by atoms with van der Waals surface area (Å²) >= 11 is 0. The van der Waals surface area contributed by atoms with Gasteiger partial charge in [0.05, 0.1) is 0 Å². The van der Waals surface area contributed by atoms with Crippen molar-refractivity contribution in [3.05, 3.63) is 101 Å². The van der Waals surface area contributed by atoms with Crippen molar-refractivity contribution in [2.45, 2.75) is 19.4 Å². The Kier molecular flexibility index (Phi) is 7.35. The second-order valence-corrected chi connectivity index (χ2v) is 7.57. The standard InChI is InChI=1S/C27H23NO6/c29-25(12-7-15-28-27(31)32-18-19-8-3-1-4-9-19)33-21-13-14-22-23(20-10-5-2-6-11-20)17-26(30)34-24(22)16-21/h1-6,8-11,13-14,16-17H,7,12,15,18H2,(H,28,31). The number of rotatable bonds is 8. The van der Waals surface area contributed by atoms with E-state index < -0.39 is 17.7 Å². The Morgan fingerprint density at radius 2 is 1.62 bits per heavy atom. The van der Waals surface area contributed by atoms with Crippen molar-refractivity contribution in [3.63, 3.8) is 0 Å². The molecule has 1 amide bonds. The van der Waals surface area contributed by atoms with Crippen molar-refractivity contribution in [1.82, 2.24) is 5.32 Å². The van der Waals surface area contributed by atoms with E-state index in [9.17, 15) is 14.4 Å². The molecule has 7 nitrogen and oxygen atoms in total. The third-order valence-electron chi connectivity index (χ3n) is 5.07. The average molecular weight is 457 g/mol. The van der Waals surface area contributed by atoms with Crippen LogP contribution in [-0.2, 0) is 16.1 Å². The molecule has 0 saturated carbocycles. The molecule has 0 aliphatic rings. The Morgan fingerprint density at radius 1 is 0.882 bits per heavy atom. The van der Waals surface area contributed by atoms with Crippen LogP contribution >= 0.6 is 0 Å². The van der Waals surface area contributed by atoms with Gasteiger partial charge < -0.3 is 19.2 Å². The van der Waals surface area contributed by atoms with Gasteiger partial charge in [0.15, 0.2) is 0 Å². The van der Waals surface area contributed by atoms with Gasteiger partial charge in [-0.15, -0.1) is 0 Å². The highest BCUT2D eigenvalue weighted by Gasteiger charge is 2.11. The molecular formula is C27H23NO6. The Hall–Kier alpha value is -4.39. The smallest absolute Gasteiger partial charge is 0.407 e. The lowest BCUT2D eigenvalue weighted by atomic mass is 10.0. The Bertz CT molecular complexity index is 1330. The molecule has 1 aromatic heterocycles. The van der Waals surface area contributed by atoms with Gasteiger partial charge in [-0.1, -0.05) is 60.7 Å². The quantitative estimate of drug-likeness (QED) is 0.172. The molecule has 0 bridgehead atoms. The molecule has 0 radical (unpaired) electrons. The van der Waals surface area contributed by atoms with Crippen LogP contribution in [0.3, 0.4) is 0 Å². The molecule has 7 heteroatoms. The third-order valence-corrected chi connectivity index (χ3v) is 5.07. The topological polar surface area (TPSA) is 94.8 Å². The van der Waals surface area contributed by atoms with Gasteiger partial charge in [0.1, 0.15) is 17.9 Å². The highest BCUT2D eigenvalue weighted by molar-refractivity contribution is 5.94. The van der Waals surface area contributed by atoms with Crippen LogP contribution in [0.25, 0.3) is 22.1 Å². The SMILES string of the molecule is O=C(CCCNC(=O)OCc1ccccc1)Oc1ccc2c(-c3ccccc3)cc(=O)oc2c1. The van der Waals surface area contributed by atoms with Crippen LogP contribution in [0.5, 0.6) is 5.75 Å². The molecule has 0 fully saturated rings. The summed E-state index contributed by atoms with van der Waals surface area (Å²) in [7, 11) is 0. The summed E-state index contributed by atoms with van der Waals surface area (Å²) in [4.78, 5) is 36.0. The zero-order valence-corrected chi connectivity index (χ0v) is 18.4. The van der Waals surface area contributed by atoms with Gasteiger partial charge in [0.25, 0.3) is 0 Å². The first-order chi connectivity index (χ1) is 16.6. The second-order valence-electron chi connectivity index (χ2n) is 7.57. The van der Waals surface area contributed by atoms with Gasteiger partial charge in [-0.2, -0.15) is 0 Å². The summed E-state index contributed by atoms with van der Waals surface area (Å²) in [5, 5.41) is 3.35. The summed E-state index contributed by atoms with van der Waals surface area (Å²) in [5.74, 6) is -0.179. The molecule has 0 saturated heterocycles. The molecule has 0 unspecified atom stereocenters. The fraction of sp³-hybridized carbons (Fsp3) is 0.148. The van der Waals surface area contributed by atoms with Crippen LogP contribution in [0.15, 0.2) is 94.1 Å². The summed E-state index contributed by atoms with van der Waals surface area (Å²) in [6.07, 6.45) is -0.0542. The number of amides is 1. The molecular weight excluding hydrogens is 434 g/mol. The number of esters is 1. The van der Waals surface area contributed by atoms with Crippen LogP contribution in [0.1, 0.15) is 18.4 Å². The lowest BCUT2D eigenvalue weighted by molar-refractivity contribution is -0.134. The lowest BCUT2D eigenvalue weighted by Crippen LogP contribution is -2.26. The summed E-state index contributed by atoms with van der Waals surface area (Å²) in [5.41, 5.74) is 2.37. The lowest BCUT2D eigenvalue weighted by Gasteiger charge is -2.09.